The molecule has 14 heteroatoms. The molecule has 11 nitrogen and oxygen atoms in total. The summed E-state index contributed by atoms with van der Waals surface area (Å²) in [5.41, 5.74) is 2.83. The van der Waals surface area contributed by atoms with Crippen LogP contribution in [0.3, 0.4) is 0 Å². The zero-order valence-electron chi connectivity index (χ0n) is 29.5. The maximum atomic E-state index is 13.9. The number of hydrogen-bond donors (Lipinski definition) is 0. The molecule has 0 N–H and O–H groups in total. The Bertz CT molecular complexity index is 1760. The van der Waals surface area contributed by atoms with Crippen molar-refractivity contribution in [1.82, 2.24) is 34.5 Å². The Hall–Kier alpha value is -3.55. The molecule has 3 atom stereocenters. The molecular formula is C34H47ClFN7O4Si. The molecule has 1 fully saturated rings. The van der Waals surface area contributed by atoms with Crippen molar-refractivity contribution < 1.29 is 23.1 Å². The molecule has 5 heterocycles. The quantitative estimate of drug-likeness (QED) is 0.170. The van der Waals surface area contributed by atoms with Gasteiger partial charge >= 0.3 is 6.09 Å². The van der Waals surface area contributed by atoms with Crippen LogP contribution < -0.4 is 4.74 Å². The highest BCUT2D eigenvalue weighted by Crippen LogP contribution is 2.39. The fourth-order valence-electron chi connectivity index (χ4n) is 5.59. The Morgan fingerprint density at radius 3 is 2.52 bits per heavy atom. The number of aromatic nitrogens is 6. The Kier molecular flexibility index (Phi) is 9.98. The van der Waals surface area contributed by atoms with Crippen LogP contribution in [0.25, 0.3) is 16.8 Å². The number of piperidine rings is 1. The first-order chi connectivity index (χ1) is 22.3. The number of amides is 1. The van der Waals surface area contributed by atoms with Gasteiger partial charge in [-0.1, -0.05) is 44.5 Å². The number of carbonyl (C=O) groups excluding carboxylic acids is 1. The Morgan fingerprint density at radius 1 is 1.17 bits per heavy atom. The molecule has 0 aromatic carbocycles. The van der Waals surface area contributed by atoms with E-state index in [4.69, 9.17) is 25.5 Å². The second-order valence-electron chi connectivity index (χ2n) is 15.2. The van der Waals surface area contributed by atoms with Gasteiger partial charge in [-0.05, 0) is 76.4 Å². The molecule has 4 aromatic rings. The van der Waals surface area contributed by atoms with Crippen molar-refractivity contribution in [3.63, 3.8) is 0 Å². The van der Waals surface area contributed by atoms with Crippen LogP contribution >= 0.6 is 11.6 Å². The van der Waals surface area contributed by atoms with Gasteiger partial charge in [0.25, 0.3) is 0 Å². The average Bonchev–Trinajstić information content (AvgIpc) is 3.56. The largest absolute Gasteiger partial charge is 0.479 e. The summed E-state index contributed by atoms with van der Waals surface area (Å²) in [6.45, 7) is 21.9. The zero-order valence-corrected chi connectivity index (χ0v) is 31.3. The number of hydrogen-bond acceptors (Lipinski definition) is 8. The van der Waals surface area contributed by atoms with E-state index >= 15 is 0 Å². The normalized spacial score (nSPS) is 18.3. The molecule has 5 rings (SSSR count). The van der Waals surface area contributed by atoms with Crippen molar-refractivity contribution in [2.75, 3.05) is 19.7 Å². The van der Waals surface area contributed by atoms with Gasteiger partial charge in [-0.2, -0.15) is 5.10 Å². The van der Waals surface area contributed by atoms with Crippen molar-refractivity contribution in [2.24, 2.45) is 5.92 Å². The molecule has 48 heavy (non-hydrogen) atoms. The van der Waals surface area contributed by atoms with Crippen molar-refractivity contribution >= 4 is 31.5 Å². The number of likely N-dealkylation sites (tertiary alicyclic amines) is 1. The van der Waals surface area contributed by atoms with Gasteiger partial charge < -0.3 is 18.8 Å². The van der Waals surface area contributed by atoms with E-state index in [1.54, 1.807) is 21.7 Å². The molecule has 1 amide bonds. The van der Waals surface area contributed by atoms with Gasteiger partial charge in [0.2, 0.25) is 0 Å². The average molecular weight is 700 g/mol. The van der Waals surface area contributed by atoms with Gasteiger partial charge in [0, 0.05) is 24.8 Å². The number of ether oxygens (including phenoxy) is 2. The summed E-state index contributed by atoms with van der Waals surface area (Å²) in [6, 6.07) is 4.90. The van der Waals surface area contributed by atoms with E-state index < -0.39 is 25.8 Å². The fraction of sp³-hybridized carbons (Fsp3) is 0.559. The highest BCUT2D eigenvalue weighted by Gasteiger charge is 2.38. The molecule has 1 unspecified atom stereocenters. The molecule has 0 saturated carbocycles. The SMILES string of the molecule is Cc1c(-c2cc(OC(CO[Si](C)(C)C(C)(C)C)c3ccc(F)cn3)c3c(Cl)cnn3c2)nnn1[C@@H]1CCN(C(=O)OC(C)(C)C)C[C@H]1C. The van der Waals surface area contributed by atoms with Crippen molar-refractivity contribution in [2.45, 2.75) is 97.7 Å². The maximum Gasteiger partial charge on any atom is 0.410 e. The smallest absolute Gasteiger partial charge is 0.410 e. The minimum Gasteiger partial charge on any atom is -0.479 e. The third-order valence-corrected chi connectivity index (χ3v) is 14.1. The third kappa shape index (κ3) is 7.68. The molecule has 260 valence electrons. The predicted molar refractivity (Wildman–Crippen MR) is 185 cm³/mol. The van der Waals surface area contributed by atoms with E-state index in [9.17, 15) is 9.18 Å². The van der Waals surface area contributed by atoms with Gasteiger partial charge in [0.15, 0.2) is 14.4 Å². The number of carbonyl (C=O) groups is 1. The topological polar surface area (TPSA) is 109 Å². The second kappa shape index (κ2) is 13.4. The molecule has 0 bridgehead atoms. The lowest BCUT2D eigenvalue weighted by Crippen LogP contribution is -2.45. The standard InChI is InChI=1S/C34H47ClFN7O4Si/c1-21-18-41(32(44)47-33(3,4)5)14-13-27(21)43-22(2)30(39-40-43)23-15-28(31-25(35)17-38-42(31)19-23)46-29(26-12-11-24(36)16-37-26)20-45-48(9,10)34(6,7)8/h11-12,15-17,19,21,27,29H,13-14,18,20H2,1-10H3/t21-,27-,29?/m1/s1. The van der Waals surface area contributed by atoms with Crippen LogP contribution in [0.5, 0.6) is 5.75 Å². The number of rotatable bonds is 8. The summed E-state index contributed by atoms with van der Waals surface area (Å²) in [7, 11) is -2.17. The first-order valence-corrected chi connectivity index (χ1v) is 19.6. The van der Waals surface area contributed by atoms with Crippen LogP contribution in [-0.4, -0.2) is 74.2 Å². The van der Waals surface area contributed by atoms with E-state index in [0.717, 1.165) is 11.3 Å². The van der Waals surface area contributed by atoms with Crippen LogP contribution in [-0.2, 0) is 9.16 Å². The summed E-state index contributed by atoms with van der Waals surface area (Å²) >= 11 is 6.64. The fourth-order valence-corrected chi connectivity index (χ4v) is 6.81. The van der Waals surface area contributed by atoms with Crippen molar-refractivity contribution in [1.29, 1.82) is 0 Å². The van der Waals surface area contributed by atoms with Gasteiger partial charge in [-0.15, -0.1) is 5.10 Å². The van der Waals surface area contributed by atoms with Gasteiger partial charge in [-0.3, -0.25) is 4.98 Å². The van der Waals surface area contributed by atoms with Gasteiger partial charge in [0.05, 0.1) is 41.5 Å². The Labute approximate surface area is 287 Å². The van der Waals surface area contributed by atoms with E-state index in [-0.39, 0.29) is 29.7 Å². The first-order valence-electron chi connectivity index (χ1n) is 16.3. The van der Waals surface area contributed by atoms with Crippen molar-refractivity contribution in [3.8, 4) is 17.0 Å². The highest BCUT2D eigenvalue weighted by molar-refractivity contribution is 6.74. The van der Waals surface area contributed by atoms with E-state index in [1.165, 1.54) is 12.3 Å². The molecule has 0 aliphatic carbocycles. The van der Waals surface area contributed by atoms with Gasteiger partial charge in [-0.25, -0.2) is 18.4 Å². The van der Waals surface area contributed by atoms with Crippen LogP contribution in [0.4, 0.5) is 9.18 Å². The van der Waals surface area contributed by atoms with E-state index in [2.05, 4.69) is 61.2 Å². The number of nitrogens with zero attached hydrogens (tertiary/aromatic N) is 7. The summed E-state index contributed by atoms with van der Waals surface area (Å²) in [4.78, 5) is 18.8. The lowest BCUT2D eigenvalue weighted by Gasteiger charge is -2.37. The molecule has 1 aliphatic heterocycles. The summed E-state index contributed by atoms with van der Waals surface area (Å²) in [5, 5.41) is 14.0. The Balaban J connectivity index is 1.45. The second-order valence-corrected chi connectivity index (χ2v) is 20.4. The van der Waals surface area contributed by atoms with Crippen LogP contribution in [0.15, 0.2) is 36.8 Å². The monoisotopic (exact) mass is 699 g/mol. The minimum atomic E-state index is -2.17. The molecule has 1 saturated heterocycles. The number of pyridine rings is 2. The van der Waals surface area contributed by atoms with E-state index in [1.807, 2.05) is 44.6 Å². The van der Waals surface area contributed by atoms with Crippen LogP contribution in [0.2, 0.25) is 23.2 Å². The third-order valence-electron chi connectivity index (χ3n) is 9.31. The maximum absolute atomic E-state index is 13.9. The molecule has 0 radical (unpaired) electrons. The molecule has 1 aliphatic rings. The minimum absolute atomic E-state index is 0.0249. The van der Waals surface area contributed by atoms with E-state index in [0.29, 0.717) is 47.2 Å². The van der Waals surface area contributed by atoms with Gasteiger partial charge in [0.1, 0.15) is 28.4 Å². The first kappa shape index (κ1) is 35.7. The summed E-state index contributed by atoms with van der Waals surface area (Å²) in [6.07, 6.45) is 4.35. The lowest BCUT2D eigenvalue weighted by atomic mass is 9.94. The Morgan fingerprint density at radius 2 is 1.90 bits per heavy atom. The number of fused-ring (bicyclic) bond motifs is 1. The molecular weight excluding hydrogens is 653 g/mol. The van der Waals surface area contributed by atoms with Crippen LogP contribution in [0.1, 0.15) is 78.4 Å². The summed E-state index contributed by atoms with van der Waals surface area (Å²) < 4.78 is 36.3. The molecule has 4 aromatic heterocycles. The summed E-state index contributed by atoms with van der Waals surface area (Å²) in [5.74, 6) is 0.142. The lowest BCUT2D eigenvalue weighted by molar-refractivity contribution is 0.0116. The molecule has 0 spiro atoms. The number of halogens is 2. The van der Waals surface area contributed by atoms with Crippen molar-refractivity contribution in [3.05, 3.63) is 59.0 Å². The zero-order chi connectivity index (χ0) is 35.2. The highest BCUT2D eigenvalue weighted by atomic mass is 35.5. The predicted octanol–water partition coefficient (Wildman–Crippen LogP) is 8.05. The van der Waals surface area contributed by atoms with Crippen LogP contribution in [0, 0.1) is 18.7 Å².